The number of hydrogen-bond donors (Lipinski definition) is 2. The van der Waals surface area contributed by atoms with Crippen LogP contribution in [0.4, 0.5) is 0 Å². The molecule has 0 fully saturated rings. The van der Waals surface area contributed by atoms with Crippen molar-refractivity contribution in [2.45, 2.75) is 0 Å². The first-order chi connectivity index (χ1) is 9.59. The highest BCUT2D eigenvalue weighted by molar-refractivity contribution is 7.71. The van der Waals surface area contributed by atoms with Crippen molar-refractivity contribution in [1.29, 1.82) is 0 Å². The molecule has 20 heavy (non-hydrogen) atoms. The number of aryl methyl sites for hydroxylation is 1. The van der Waals surface area contributed by atoms with Gasteiger partial charge < -0.3 is 9.67 Å². The fourth-order valence-electron chi connectivity index (χ4n) is 2.14. The number of hydrogen-bond acceptors (Lipinski definition) is 5. The molecule has 7 heteroatoms. The van der Waals surface area contributed by atoms with Crippen LogP contribution in [0.1, 0.15) is 0 Å². The molecule has 0 saturated heterocycles. The minimum absolute atomic E-state index is 0.0961. The second-order valence-corrected chi connectivity index (χ2v) is 4.66. The Hall–Kier alpha value is -2.54. The highest BCUT2D eigenvalue weighted by Crippen LogP contribution is 2.31. The Kier molecular flexibility index (Phi) is 2.83. The minimum Gasteiger partial charge on any atom is -0.506 e. The molecule has 0 unspecified atom stereocenters. The third-order valence-electron chi connectivity index (χ3n) is 3.10. The summed E-state index contributed by atoms with van der Waals surface area (Å²) in [6, 6.07) is 7.10. The number of pyridine rings is 1. The highest BCUT2D eigenvalue weighted by Gasteiger charge is 2.17. The molecule has 0 spiro atoms. The molecule has 0 atom stereocenters. The van der Waals surface area contributed by atoms with E-state index in [0.717, 1.165) is 0 Å². The Morgan fingerprint density at radius 1 is 1.35 bits per heavy atom. The van der Waals surface area contributed by atoms with Crippen LogP contribution in [0.25, 0.3) is 22.2 Å². The second kappa shape index (κ2) is 4.53. The number of aromatic hydroxyl groups is 1. The van der Waals surface area contributed by atoms with E-state index < -0.39 is 0 Å². The molecule has 100 valence electrons. The summed E-state index contributed by atoms with van der Waals surface area (Å²) in [6.45, 7) is 0. The Morgan fingerprint density at radius 3 is 2.85 bits per heavy atom. The number of rotatable bonds is 1. The molecule has 0 amide bonds. The lowest BCUT2D eigenvalue weighted by Crippen LogP contribution is -2.19. The molecule has 3 rings (SSSR count). The molecular formula is C13H10N4O2S. The van der Waals surface area contributed by atoms with Crippen LogP contribution in [0.5, 0.6) is 5.75 Å². The monoisotopic (exact) mass is 286 g/mol. The SMILES string of the molecule is Cn1c(=O)c(-c2cn[nH]c(=S)n2)c(O)c2ccccc21. The quantitative estimate of drug-likeness (QED) is 0.666. The first kappa shape index (κ1) is 12.5. The van der Waals surface area contributed by atoms with Crippen LogP contribution < -0.4 is 5.56 Å². The molecule has 2 aromatic heterocycles. The van der Waals surface area contributed by atoms with E-state index in [1.54, 1.807) is 31.3 Å². The molecule has 1 aromatic carbocycles. The Bertz CT molecular complexity index is 930. The third-order valence-corrected chi connectivity index (χ3v) is 3.28. The molecular weight excluding hydrogens is 276 g/mol. The van der Waals surface area contributed by atoms with Gasteiger partial charge in [-0.15, -0.1) is 0 Å². The van der Waals surface area contributed by atoms with Gasteiger partial charge in [0, 0.05) is 12.4 Å². The van der Waals surface area contributed by atoms with Crippen molar-refractivity contribution < 1.29 is 5.11 Å². The summed E-state index contributed by atoms with van der Waals surface area (Å²) in [7, 11) is 1.64. The van der Waals surface area contributed by atoms with Crippen LogP contribution in [0, 0.1) is 4.77 Å². The summed E-state index contributed by atoms with van der Waals surface area (Å²) in [5, 5.41) is 17.2. The molecule has 0 aliphatic rings. The summed E-state index contributed by atoms with van der Waals surface area (Å²) in [6.07, 6.45) is 1.36. The first-order valence-corrected chi connectivity index (χ1v) is 6.23. The van der Waals surface area contributed by atoms with Gasteiger partial charge in [-0.25, -0.2) is 4.98 Å². The van der Waals surface area contributed by atoms with Gasteiger partial charge in [0.1, 0.15) is 17.0 Å². The molecule has 0 aliphatic heterocycles. The smallest absolute Gasteiger partial charge is 0.264 e. The van der Waals surface area contributed by atoms with Gasteiger partial charge in [-0.1, -0.05) is 12.1 Å². The normalized spacial score (nSPS) is 10.8. The zero-order valence-corrected chi connectivity index (χ0v) is 11.3. The molecule has 0 bridgehead atoms. The maximum Gasteiger partial charge on any atom is 0.264 e. The van der Waals surface area contributed by atoms with Gasteiger partial charge in [0.2, 0.25) is 4.77 Å². The van der Waals surface area contributed by atoms with Crippen LogP contribution in [-0.4, -0.2) is 24.9 Å². The van der Waals surface area contributed by atoms with E-state index in [9.17, 15) is 9.90 Å². The Labute approximate surface area is 118 Å². The summed E-state index contributed by atoms with van der Waals surface area (Å²) in [5.41, 5.74) is 0.639. The lowest BCUT2D eigenvalue weighted by atomic mass is 10.1. The molecule has 0 aliphatic carbocycles. The van der Waals surface area contributed by atoms with Crippen molar-refractivity contribution in [1.82, 2.24) is 19.7 Å². The number of H-pyrrole nitrogens is 1. The number of nitrogens with one attached hydrogen (secondary N) is 1. The fraction of sp³-hybridized carbons (Fsp3) is 0.0769. The zero-order chi connectivity index (χ0) is 14.3. The maximum absolute atomic E-state index is 12.4. The lowest BCUT2D eigenvalue weighted by Gasteiger charge is -2.10. The van der Waals surface area contributed by atoms with Crippen LogP contribution in [0.3, 0.4) is 0 Å². The molecule has 3 aromatic rings. The van der Waals surface area contributed by atoms with Gasteiger partial charge in [-0.2, -0.15) is 5.10 Å². The minimum atomic E-state index is -0.351. The number of benzene rings is 1. The van der Waals surface area contributed by atoms with Gasteiger partial charge in [0.15, 0.2) is 0 Å². The van der Waals surface area contributed by atoms with E-state index in [-0.39, 0.29) is 27.3 Å². The molecule has 2 heterocycles. The van der Waals surface area contributed by atoms with Crippen molar-refractivity contribution in [2.24, 2.45) is 7.05 Å². The number of aromatic nitrogens is 4. The van der Waals surface area contributed by atoms with E-state index >= 15 is 0 Å². The molecule has 0 radical (unpaired) electrons. The van der Waals surface area contributed by atoms with Gasteiger partial charge in [0.05, 0.1) is 11.7 Å². The Morgan fingerprint density at radius 2 is 2.10 bits per heavy atom. The number of nitrogens with zero attached hydrogens (tertiary/aromatic N) is 3. The van der Waals surface area contributed by atoms with Crippen molar-refractivity contribution in [3.63, 3.8) is 0 Å². The largest absolute Gasteiger partial charge is 0.506 e. The number of aromatic amines is 1. The van der Waals surface area contributed by atoms with Crippen LogP contribution in [0.15, 0.2) is 35.3 Å². The fourth-order valence-corrected chi connectivity index (χ4v) is 2.29. The molecule has 2 N–H and O–H groups in total. The zero-order valence-electron chi connectivity index (χ0n) is 10.5. The topological polar surface area (TPSA) is 83.8 Å². The van der Waals surface area contributed by atoms with Gasteiger partial charge in [-0.05, 0) is 24.4 Å². The van der Waals surface area contributed by atoms with Crippen LogP contribution in [-0.2, 0) is 7.05 Å². The van der Waals surface area contributed by atoms with E-state index in [2.05, 4.69) is 15.2 Å². The predicted molar refractivity (Wildman–Crippen MR) is 77.1 cm³/mol. The standard InChI is InChI=1S/C13H10N4O2S/c1-17-9-5-3-2-4-7(9)11(18)10(12(17)19)8-6-14-16-13(20)15-8/h2-6,18H,1H3,(H,15,16,20). The van der Waals surface area contributed by atoms with Crippen molar-refractivity contribution >= 4 is 23.1 Å². The van der Waals surface area contributed by atoms with Gasteiger partial charge in [-0.3, -0.25) is 9.89 Å². The van der Waals surface area contributed by atoms with Crippen molar-refractivity contribution in [3.8, 4) is 17.0 Å². The van der Waals surface area contributed by atoms with Gasteiger partial charge >= 0.3 is 0 Å². The second-order valence-electron chi connectivity index (χ2n) is 4.28. The lowest BCUT2D eigenvalue weighted by molar-refractivity contribution is 0.481. The highest BCUT2D eigenvalue weighted by atomic mass is 32.1. The van der Waals surface area contributed by atoms with E-state index in [1.165, 1.54) is 10.8 Å². The summed E-state index contributed by atoms with van der Waals surface area (Å²) in [5.74, 6) is -0.112. The maximum atomic E-state index is 12.4. The van der Waals surface area contributed by atoms with Crippen LogP contribution >= 0.6 is 12.2 Å². The summed E-state index contributed by atoms with van der Waals surface area (Å²) >= 11 is 4.90. The third kappa shape index (κ3) is 1.79. The molecule has 6 nitrogen and oxygen atoms in total. The van der Waals surface area contributed by atoms with E-state index in [4.69, 9.17) is 12.2 Å². The number of para-hydroxylation sites is 1. The van der Waals surface area contributed by atoms with E-state index in [0.29, 0.717) is 10.9 Å². The predicted octanol–water partition coefficient (Wildman–Crippen LogP) is 1.76. The van der Waals surface area contributed by atoms with Crippen molar-refractivity contribution in [2.75, 3.05) is 0 Å². The average molecular weight is 286 g/mol. The van der Waals surface area contributed by atoms with Crippen LogP contribution in [0.2, 0.25) is 0 Å². The van der Waals surface area contributed by atoms with E-state index in [1.807, 2.05) is 0 Å². The number of fused-ring (bicyclic) bond motifs is 1. The Balaban J connectivity index is 2.49. The summed E-state index contributed by atoms with van der Waals surface area (Å²) < 4.78 is 1.61. The molecule has 0 saturated carbocycles. The summed E-state index contributed by atoms with van der Waals surface area (Å²) in [4.78, 5) is 16.4. The first-order valence-electron chi connectivity index (χ1n) is 5.82. The average Bonchev–Trinajstić information content (AvgIpc) is 2.45. The van der Waals surface area contributed by atoms with Gasteiger partial charge in [0.25, 0.3) is 5.56 Å². The van der Waals surface area contributed by atoms with Crippen molar-refractivity contribution in [3.05, 3.63) is 45.6 Å².